The van der Waals surface area contributed by atoms with Gasteiger partial charge in [0, 0.05) is 5.56 Å². The lowest BCUT2D eigenvalue weighted by Gasteiger charge is -2.11. The summed E-state index contributed by atoms with van der Waals surface area (Å²) >= 11 is 0. The standard InChI is InChI=1S/C14H20N4O2/c1-4-19-11-7-6-10(8-12(11)20-5-2)14-16-13(9(3)15)17-18-14/h6-9H,4-5,15H2,1-3H3,(H,16,17,18). The molecule has 1 aromatic carbocycles. The predicted octanol–water partition coefficient (Wildman–Crippen LogP) is 2.29. The molecule has 2 aromatic rings. The average Bonchev–Trinajstić information content (AvgIpc) is 2.91. The van der Waals surface area contributed by atoms with Crippen molar-refractivity contribution in [1.82, 2.24) is 15.2 Å². The molecule has 1 aromatic heterocycles. The normalized spacial score (nSPS) is 12.2. The maximum Gasteiger partial charge on any atom is 0.181 e. The molecule has 0 saturated carbocycles. The number of nitrogens with zero attached hydrogens (tertiary/aromatic N) is 2. The summed E-state index contributed by atoms with van der Waals surface area (Å²) in [6.45, 7) is 6.89. The summed E-state index contributed by atoms with van der Waals surface area (Å²) < 4.78 is 11.1. The summed E-state index contributed by atoms with van der Waals surface area (Å²) in [7, 11) is 0. The first-order chi connectivity index (χ1) is 9.65. The lowest BCUT2D eigenvalue weighted by molar-refractivity contribution is 0.288. The number of nitrogens with two attached hydrogens (primary N) is 1. The smallest absolute Gasteiger partial charge is 0.181 e. The summed E-state index contributed by atoms with van der Waals surface area (Å²) in [5, 5.41) is 7.01. The first-order valence-electron chi connectivity index (χ1n) is 6.73. The zero-order valence-electron chi connectivity index (χ0n) is 12.0. The van der Waals surface area contributed by atoms with Gasteiger partial charge in [-0.15, -0.1) is 0 Å². The molecule has 0 saturated heterocycles. The van der Waals surface area contributed by atoms with E-state index in [-0.39, 0.29) is 6.04 Å². The number of H-pyrrole nitrogens is 1. The van der Waals surface area contributed by atoms with Crippen molar-refractivity contribution in [3.63, 3.8) is 0 Å². The molecular formula is C14H20N4O2. The van der Waals surface area contributed by atoms with Crippen molar-refractivity contribution in [2.75, 3.05) is 13.2 Å². The molecule has 0 radical (unpaired) electrons. The lowest BCUT2D eigenvalue weighted by atomic mass is 10.2. The van der Waals surface area contributed by atoms with E-state index in [0.717, 1.165) is 11.3 Å². The molecule has 0 amide bonds. The second-order valence-electron chi connectivity index (χ2n) is 4.36. The van der Waals surface area contributed by atoms with Crippen LogP contribution in [0.2, 0.25) is 0 Å². The quantitative estimate of drug-likeness (QED) is 0.845. The molecular weight excluding hydrogens is 256 g/mol. The van der Waals surface area contributed by atoms with Gasteiger partial charge in [0.25, 0.3) is 0 Å². The fourth-order valence-corrected chi connectivity index (χ4v) is 1.80. The third-order valence-electron chi connectivity index (χ3n) is 2.74. The number of nitrogens with one attached hydrogen (secondary N) is 1. The molecule has 0 aliphatic heterocycles. The fraction of sp³-hybridized carbons (Fsp3) is 0.429. The molecule has 1 heterocycles. The van der Waals surface area contributed by atoms with Crippen molar-refractivity contribution in [2.24, 2.45) is 5.73 Å². The topological polar surface area (TPSA) is 86.0 Å². The molecule has 0 spiro atoms. The van der Waals surface area contributed by atoms with Gasteiger partial charge in [-0.25, -0.2) is 4.98 Å². The number of benzene rings is 1. The highest BCUT2D eigenvalue weighted by atomic mass is 16.5. The average molecular weight is 276 g/mol. The summed E-state index contributed by atoms with van der Waals surface area (Å²) in [4.78, 5) is 4.37. The van der Waals surface area contributed by atoms with Gasteiger partial charge in [-0.3, -0.25) is 5.10 Å². The monoisotopic (exact) mass is 276 g/mol. The Morgan fingerprint density at radius 1 is 1.20 bits per heavy atom. The molecule has 0 aliphatic rings. The van der Waals surface area contributed by atoms with Crippen LogP contribution in [-0.4, -0.2) is 28.4 Å². The Balaban J connectivity index is 2.33. The van der Waals surface area contributed by atoms with Crippen LogP contribution in [0.15, 0.2) is 18.2 Å². The zero-order valence-corrected chi connectivity index (χ0v) is 12.0. The minimum Gasteiger partial charge on any atom is -0.490 e. The third-order valence-corrected chi connectivity index (χ3v) is 2.74. The predicted molar refractivity (Wildman–Crippen MR) is 76.8 cm³/mol. The van der Waals surface area contributed by atoms with E-state index in [9.17, 15) is 0 Å². The van der Waals surface area contributed by atoms with Gasteiger partial charge in [0.15, 0.2) is 17.3 Å². The van der Waals surface area contributed by atoms with Crippen molar-refractivity contribution < 1.29 is 9.47 Å². The van der Waals surface area contributed by atoms with E-state index in [1.165, 1.54) is 0 Å². The van der Waals surface area contributed by atoms with Crippen LogP contribution in [0.3, 0.4) is 0 Å². The van der Waals surface area contributed by atoms with Gasteiger partial charge < -0.3 is 15.2 Å². The lowest BCUT2D eigenvalue weighted by Crippen LogP contribution is -2.06. The number of hydrogen-bond acceptors (Lipinski definition) is 5. The van der Waals surface area contributed by atoms with E-state index in [2.05, 4.69) is 15.2 Å². The van der Waals surface area contributed by atoms with Gasteiger partial charge in [0.2, 0.25) is 0 Å². The summed E-state index contributed by atoms with van der Waals surface area (Å²) in [6.07, 6.45) is 0. The minimum absolute atomic E-state index is 0.176. The van der Waals surface area contributed by atoms with Crippen LogP contribution in [0.5, 0.6) is 11.5 Å². The largest absolute Gasteiger partial charge is 0.490 e. The van der Waals surface area contributed by atoms with Crippen molar-refractivity contribution in [3.8, 4) is 22.9 Å². The van der Waals surface area contributed by atoms with Crippen LogP contribution in [0.25, 0.3) is 11.4 Å². The Morgan fingerprint density at radius 2 is 1.90 bits per heavy atom. The maximum absolute atomic E-state index is 5.77. The van der Waals surface area contributed by atoms with E-state index in [0.29, 0.717) is 30.6 Å². The van der Waals surface area contributed by atoms with Gasteiger partial charge in [-0.05, 0) is 39.0 Å². The molecule has 0 bridgehead atoms. The van der Waals surface area contributed by atoms with Crippen LogP contribution in [-0.2, 0) is 0 Å². The Hall–Kier alpha value is -2.08. The first-order valence-corrected chi connectivity index (χ1v) is 6.73. The van der Waals surface area contributed by atoms with Crippen molar-refractivity contribution in [1.29, 1.82) is 0 Å². The van der Waals surface area contributed by atoms with E-state index >= 15 is 0 Å². The second kappa shape index (κ2) is 6.38. The molecule has 20 heavy (non-hydrogen) atoms. The minimum atomic E-state index is -0.176. The molecule has 2 rings (SSSR count). The van der Waals surface area contributed by atoms with Crippen LogP contribution in [0.4, 0.5) is 0 Å². The Kier molecular flexibility index (Phi) is 4.57. The van der Waals surface area contributed by atoms with Gasteiger partial charge in [-0.1, -0.05) is 0 Å². The molecule has 0 aliphatic carbocycles. The molecule has 6 heteroatoms. The number of rotatable bonds is 6. The number of ether oxygens (including phenoxy) is 2. The molecule has 1 unspecified atom stereocenters. The number of aromatic amines is 1. The van der Waals surface area contributed by atoms with Crippen LogP contribution >= 0.6 is 0 Å². The highest BCUT2D eigenvalue weighted by Gasteiger charge is 2.12. The summed E-state index contributed by atoms with van der Waals surface area (Å²) in [5.74, 6) is 2.67. The van der Waals surface area contributed by atoms with Gasteiger partial charge in [0.05, 0.1) is 19.3 Å². The number of hydrogen-bond donors (Lipinski definition) is 2. The van der Waals surface area contributed by atoms with Crippen LogP contribution in [0, 0.1) is 0 Å². The van der Waals surface area contributed by atoms with E-state index in [1.807, 2.05) is 39.0 Å². The molecule has 0 fully saturated rings. The SMILES string of the molecule is CCOc1ccc(-c2n[nH]c(C(C)N)n2)cc1OCC. The Labute approximate surface area is 118 Å². The molecule has 108 valence electrons. The highest BCUT2D eigenvalue weighted by Crippen LogP contribution is 2.31. The summed E-state index contributed by atoms with van der Waals surface area (Å²) in [5.41, 5.74) is 6.63. The van der Waals surface area contributed by atoms with E-state index < -0.39 is 0 Å². The van der Waals surface area contributed by atoms with Gasteiger partial charge in [-0.2, -0.15) is 5.10 Å². The number of aromatic nitrogens is 3. The highest BCUT2D eigenvalue weighted by molar-refractivity contribution is 5.60. The molecule has 1 atom stereocenters. The van der Waals surface area contributed by atoms with Gasteiger partial charge >= 0.3 is 0 Å². The van der Waals surface area contributed by atoms with Crippen LogP contribution in [0.1, 0.15) is 32.6 Å². The Morgan fingerprint density at radius 3 is 2.50 bits per heavy atom. The Bertz CT molecular complexity index is 566. The van der Waals surface area contributed by atoms with Crippen molar-refractivity contribution in [3.05, 3.63) is 24.0 Å². The van der Waals surface area contributed by atoms with Crippen molar-refractivity contribution in [2.45, 2.75) is 26.8 Å². The maximum atomic E-state index is 5.77. The third kappa shape index (κ3) is 3.08. The summed E-state index contributed by atoms with van der Waals surface area (Å²) in [6, 6.07) is 5.47. The van der Waals surface area contributed by atoms with Gasteiger partial charge in [0.1, 0.15) is 5.82 Å². The second-order valence-corrected chi connectivity index (χ2v) is 4.36. The van der Waals surface area contributed by atoms with E-state index in [4.69, 9.17) is 15.2 Å². The molecule has 6 nitrogen and oxygen atoms in total. The molecule has 3 N–H and O–H groups in total. The first kappa shape index (κ1) is 14.3. The zero-order chi connectivity index (χ0) is 14.5. The van der Waals surface area contributed by atoms with Crippen LogP contribution < -0.4 is 15.2 Å². The van der Waals surface area contributed by atoms with E-state index in [1.54, 1.807) is 0 Å². The fourth-order valence-electron chi connectivity index (χ4n) is 1.80. The van der Waals surface area contributed by atoms with Crippen molar-refractivity contribution >= 4 is 0 Å².